The quantitative estimate of drug-likeness (QED) is 0.532. The summed E-state index contributed by atoms with van der Waals surface area (Å²) in [6.07, 6.45) is 2.86. The van der Waals surface area contributed by atoms with E-state index in [9.17, 15) is 4.79 Å². The van der Waals surface area contributed by atoms with Gasteiger partial charge in [0.25, 0.3) is 0 Å². The van der Waals surface area contributed by atoms with Crippen molar-refractivity contribution in [3.8, 4) is 5.75 Å². The first kappa shape index (κ1) is 15.5. The van der Waals surface area contributed by atoms with Gasteiger partial charge in [-0.2, -0.15) is 0 Å². The molecule has 0 radical (unpaired) electrons. The third kappa shape index (κ3) is 3.72. The van der Waals surface area contributed by atoms with Crippen LogP contribution in [0.3, 0.4) is 0 Å². The van der Waals surface area contributed by atoms with E-state index < -0.39 is 0 Å². The van der Waals surface area contributed by atoms with E-state index >= 15 is 0 Å². The number of carbonyl (C=O) groups excluding carboxylic acids is 1. The van der Waals surface area contributed by atoms with Gasteiger partial charge in [-0.3, -0.25) is 4.79 Å². The molecule has 0 fully saturated rings. The number of aldehydes is 1. The van der Waals surface area contributed by atoms with Crippen LogP contribution in [0, 0.1) is 5.41 Å². The molecule has 0 atom stereocenters. The summed E-state index contributed by atoms with van der Waals surface area (Å²) in [5.41, 5.74) is 0.692. The minimum Gasteiger partial charge on any atom is -0.491 e. The molecule has 0 saturated heterocycles. The van der Waals surface area contributed by atoms with Gasteiger partial charge < -0.3 is 4.74 Å². The van der Waals surface area contributed by atoms with Crippen molar-refractivity contribution in [2.45, 2.75) is 26.7 Å². The molecule has 2 nitrogen and oxygen atoms in total. The van der Waals surface area contributed by atoms with E-state index in [-0.39, 0.29) is 5.41 Å². The van der Waals surface area contributed by atoms with Gasteiger partial charge in [-0.05, 0) is 31.0 Å². The summed E-state index contributed by atoms with van der Waals surface area (Å²) in [6, 6.07) is 5.08. The predicted octanol–water partition coefficient (Wildman–Crippen LogP) is 4.73. The zero-order valence-corrected chi connectivity index (χ0v) is 13.1. The fourth-order valence-electron chi connectivity index (χ4n) is 1.62. The van der Waals surface area contributed by atoms with Gasteiger partial charge in [0.05, 0.1) is 11.6 Å². The summed E-state index contributed by atoms with van der Waals surface area (Å²) in [5.74, 6) is 0.634. The molecule has 0 amide bonds. The number of rotatable bonds is 7. The van der Waals surface area contributed by atoms with E-state index in [2.05, 4.69) is 29.8 Å². The minimum atomic E-state index is 0.132. The van der Waals surface area contributed by atoms with Gasteiger partial charge in [-0.15, -0.1) is 0 Å². The van der Waals surface area contributed by atoms with Gasteiger partial charge in [0.15, 0.2) is 0 Å². The summed E-state index contributed by atoms with van der Waals surface area (Å²) < 4.78 is 5.80. The van der Waals surface area contributed by atoms with Crippen molar-refractivity contribution in [3.63, 3.8) is 0 Å². The molecule has 1 aromatic rings. The fourth-order valence-corrected chi connectivity index (χ4v) is 2.82. The van der Waals surface area contributed by atoms with Gasteiger partial charge >= 0.3 is 0 Å². The molecule has 0 N–H and O–H groups in total. The Bertz CT molecular complexity index is 395. The highest BCUT2D eigenvalue weighted by molar-refractivity contribution is 9.09. The molecule has 0 spiro atoms. The second-order valence-corrected chi connectivity index (χ2v) is 5.41. The monoisotopic (exact) mass is 332 g/mol. The lowest BCUT2D eigenvalue weighted by Gasteiger charge is -2.29. The smallest absolute Gasteiger partial charge is 0.150 e. The van der Waals surface area contributed by atoms with E-state index in [0.29, 0.717) is 22.9 Å². The number of hydrogen-bond donors (Lipinski definition) is 0. The molecule has 0 aromatic heterocycles. The maximum absolute atomic E-state index is 10.6. The second-order valence-electron chi connectivity index (χ2n) is 4.44. The van der Waals surface area contributed by atoms with Crippen LogP contribution in [0.2, 0.25) is 5.02 Å². The Morgan fingerprint density at radius 2 is 2.06 bits per heavy atom. The molecular weight excluding hydrogens is 316 g/mol. The van der Waals surface area contributed by atoms with Crippen LogP contribution in [0.25, 0.3) is 0 Å². The Hall–Kier alpha value is -0.540. The van der Waals surface area contributed by atoms with E-state index in [0.717, 1.165) is 24.5 Å². The van der Waals surface area contributed by atoms with Crippen molar-refractivity contribution in [2.75, 3.05) is 11.9 Å². The van der Waals surface area contributed by atoms with Crippen LogP contribution in [0.15, 0.2) is 18.2 Å². The number of halogens is 2. The molecule has 0 bridgehead atoms. The molecule has 1 rings (SSSR count). The van der Waals surface area contributed by atoms with E-state index in [1.165, 1.54) is 0 Å². The van der Waals surface area contributed by atoms with Crippen molar-refractivity contribution in [1.29, 1.82) is 0 Å². The number of ether oxygens (including phenoxy) is 1. The Balaban J connectivity index is 2.76. The molecule has 0 heterocycles. The van der Waals surface area contributed by atoms with Crippen LogP contribution in [-0.4, -0.2) is 18.2 Å². The standard InChI is InChI=1S/C14H18BrClO2/c1-3-14(4-2,9-15)10-18-13-6-5-11(8-17)7-12(13)16/h5-8H,3-4,9-10H2,1-2H3. The average molecular weight is 334 g/mol. The topological polar surface area (TPSA) is 26.3 Å². The van der Waals surface area contributed by atoms with Gasteiger partial charge in [0.2, 0.25) is 0 Å². The van der Waals surface area contributed by atoms with Crippen molar-refractivity contribution < 1.29 is 9.53 Å². The largest absolute Gasteiger partial charge is 0.491 e. The number of carbonyl (C=O) groups is 1. The van der Waals surface area contributed by atoms with Crippen LogP contribution < -0.4 is 4.74 Å². The highest BCUT2D eigenvalue weighted by Gasteiger charge is 2.26. The van der Waals surface area contributed by atoms with Gasteiger partial charge in [0.1, 0.15) is 12.0 Å². The molecule has 0 saturated carbocycles. The van der Waals surface area contributed by atoms with Crippen LogP contribution in [0.4, 0.5) is 0 Å². The fraction of sp³-hybridized carbons (Fsp3) is 0.500. The molecular formula is C14H18BrClO2. The Kier molecular flexibility index (Phi) is 6.16. The zero-order valence-electron chi connectivity index (χ0n) is 10.7. The second kappa shape index (κ2) is 7.15. The van der Waals surface area contributed by atoms with Crippen LogP contribution >= 0.6 is 27.5 Å². The highest BCUT2D eigenvalue weighted by Crippen LogP contribution is 2.32. The zero-order chi connectivity index (χ0) is 13.6. The van der Waals surface area contributed by atoms with E-state index in [1.54, 1.807) is 18.2 Å². The van der Waals surface area contributed by atoms with Gasteiger partial charge in [-0.25, -0.2) is 0 Å². The molecule has 0 aliphatic heterocycles. The maximum Gasteiger partial charge on any atom is 0.150 e. The average Bonchev–Trinajstić information content (AvgIpc) is 2.42. The first-order chi connectivity index (χ1) is 8.60. The summed E-state index contributed by atoms with van der Waals surface area (Å²) in [7, 11) is 0. The molecule has 0 aliphatic rings. The molecule has 0 unspecified atom stereocenters. The van der Waals surface area contributed by atoms with Crippen LogP contribution in [0.1, 0.15) is 37.0 Å². The van der Waals surface area contributed by atoms with Crippen molar-refractivity contribution in [2.24, 2.45) is 5.41 Å². The van der Waals surface area contributed by atoms with Gasteiger partial charge in [0, 0.05) is 16.3 Å². The van der Waals surface area contributed by atoms with Crippen molar-refractivity contribution in [3.05, 3.63) is 28.8 Å². The lowest BCUT2D eigenvalue weighted by molar-refractivity contribution is 0.112. The summed E-state index contributed by atoms with van der Waals surface area (Å²) in [5, 5.41) is 1.38. The molecule has 18 heavy (non-hydrogen) atoms. The lowest BCUT2D eigenvalue weighted by Crippen LogP contribution is -2.29. The SMILES string of the molecule is CCC(CC)(CBr)COc1ccc(C=O)cc1Cl. The summed E-state index contributed by atoms with van der Waals surface area (Å²) in [6.45, 7) is 4.93. The minimum absolute atomic E-state index is 0.132. The first-order valence-electron chi connectivity index (χ1n) is 6.04. The molecule has 0 aliphatic carbocycles. The summed E-state index contributed by atoms with van der Waals surface area (Å²) in [4.78, 5) is 10.6. The number of hydrogen-bond acceptors (Lipinski definition) is 2. The third-order valence-corrected chi connectivity index (χ3v) is 4.89. The van der Waals surface area contributed by atoms with Crippen molar-refractivity contribution >= 4 is 33.8 Å². The Morgan fingerprint density at radius 1 is 1.39 bits per heavy atom. The number of alkyl halides is 1. The van der Waals surface area contributed by atoms with Crippen LogP contribution in [-0.2, 0) is 0 Å². The molecule has 4 heteroatoms. The third-order valence-electron chi connectivity index (χ3n) is 3.41. The van der Waals surface area contributed by atoms with E-state index in [4.69, 9.17) is 16.3 Å². The lowest BCUT2D eigenvalue weighted by atomic mass is 9.86. The normalized spacial score (nSPS) is 11.3. The maximum atomic E-state index is 10.6. The Labute approximate surface area is 122 Å². The Morgan fingerprint density at radius 3 is 2.50 bits per heavy atom. The molecule has 1 aromatic carbocycles. The van der Waals surface area contributed by atoms with Gasteiger partial charge in [-0.1, -0.05) is 41.4 Å². The van der Waals surface area contributed by atoms with Crippen LogP contribution in [0.5, 0.6) is 5.75 Å². The first-order valence-corrected chi connectivity index (χ1v) is 7.54. The highest BCUT2D eigenvalue weighted by atomic mass is 79.9. The van der Waals surface area contributed by atoms with E-state index in [1.807, 2.05) is 0 Å². The van der Waals surface area contributed by atoms with Crippen molar-refractivity contribution in [1.82, 2.24) is 0 Å². The number of benzene rings is 1. The molecule has 100 valence electrons. The predicted molar refractivity (Wildman–Crippen MR) is 79.1 cm³/mol. The summed E-state index contributed by atoms with van der Waals surface area (Å²) >= 11 is 9.62.